The summed E-state index contributed by atoms with van der Waals surface area (Å²) in [5.41, 5.74) is 1.98. The molecule has 0 atom stereocenters. The van der Waals surface area contributed by atoms with E-state index in [4.69, 9.17) is 4.74 Å². The van der Waals surface area contributed by atoms with E-state index in [0.717, 1.165) is 24.0 Å². The SMILES string of the molecule is CCCCOc1nc(-c2ccc(C)cc2)n(C(=O)c2cccs2)n1. The molecule has 0 saturated heterocycles. The Balaban J connectivity index is 1.98. The van der Waals surface area contributed by atoms with E-state index in [1.165, 1.54) is 16.0 Å². The Morgan fingerprint density at radius 3 is 2.71 bits per heavy atom. The smallest absolute Gasteiger partial charge is 0.336 e. The molecule has 5 nitrogen and oxygen atoms in total. The van der Waals surface area contributed by atoms with Crippen molar-refractivity contribution in [2.75, 3.05) is 6.61 Å². The van der Waals surface area contributed by atoms with E-state index in [-0.39, 0.29) is 11.9 Å². The van der Waals surface area contributed by atoms with Crippen molar-refractivity contribution in [1.82, 2.24) is 14.8 Å². The largest absolute Gasteiger partial charge is 0.462 e. The van der Waals surface area contributed by atoms with E-state index in [2.05, 4.69) is 17.0 Å². The molecular formula is C18H19N3O2S. The van der Waals surface area contributed by atoms with Gasteiger partial charge in [-0.1, -0.05) is 49.2 Å². The molecule has 0 radical (unpaired) electrons. The average Bonchev–Trinajstić information content (AvgIpc) is 3.25. The number of unbranched alkanes of at least 4 members (excludes halogenated alkanes) is 1. The molecule has 0 saturated carbocycles. The molecule has 0 N–H and O–H groups in total. The van der Waals surface area contributed by atoms with E-state index in [0.29, 0.717) is 17.3 Å². The van der Waals surface area contributed by atoms with E-state index in [9.17, 15) is 4.79 Å². The number of aryl methyl sites for hydroxylation is 1. The third-order valence-corrected chi connectivity index (χ3v) is 4.41. The van der Waals surface area contributed by atoms with Crippen molar-refractivity contribution in [2.24, 2.45) is 0 Å². The number of thiophene rings is 1. The second-order valence-corrected chi connectivity index (χ2v) is 6.43. The molecule has 2 aromatic heterocycles. The van der Waals surface area contributed by atoms with E-state index >= 15 is 0 Å². The summed E-state index contributed by atoms with van der Waals surface area (Å²) in [6, 6.07) is 11.7. The normalized spacial score (nSPS) is 10.8. The minimum absolute atomic E-state index is 0.196. The molecule has 3 aromatic rings. The first-order valence-corrected chi connectivity index (χ1v) is 8.82. The molecule has 0 aliphatic heterocycles. The van der Waals surface area contributed by atoms with Crippen LogP contribution in [0.3, 0.4) is 0 Å². The van der Waals surface area contributed by atoms with Crippen LogP contribution in [0.25, 0.3) is 11.4 Å². The highest BCUT2D eigenvalue weighted by molar-refractivity contribution is 7.12. The predicted octanol–water partition coefficient (Wildman–Crippen LogP) is 4.18. The fraction of sp³-hybridized carbons (Fsp3) is 0.278. The van der Waals surface area contributed by atoms with Gasteiger partial charge in [-0.25, -0.2) is 0 Å². The zero-order valence-corrected chi connectivity index (χ0v) is 14.5. The van der Waals surface area contributed by atoms with Crippen molar-refractivity contribution in [2.45, 2.75) is 26.7 Å². The lowest BCUT2D eigenvalue weighted by molar-refractivity contribution is 0.0948. The molecule has 0 fully saturated rings. The van der Waals surface area contributed by atoms with Gasteiger partial charge in [-0.2, -0.15) is 9.67 Å². The first-order valence-electron chi connectivity index (χ1n) is 7.94. The summed E-state index contributed by atoms with van der Waals surface area (Å²) in [6.45, 7) is 4.65. The van der Waals surface area contributed by atoms with Crippen LogP contribution >= 0.6 is 11.3 Å². The standard InChI is InChI=1S/C18H19N3O2S/c1-3-4-11-23-18-19-16(14-9-7-13(2)8-10-14)21(20-18)17(22)15-6-5-12-24-15/h5-10,12H,3-4,11H2,1-2H3. The summed E-state index contributed by atoms with van der Waals surface area (Å²) < 4.78 is 6.92. The predicted molar refractivity (Wildman–Crippen MR) is 94.6 cm³/mol. The fourth-order valence-corrected chi connectivity index (χ4v) is 2.85. The number of nitrogens with zero attached hydrogens (tertiary/aromatic N) is 3. The highest BCUT2D eigenvalue weighted by atomic mass is 32.1. The molecule has 0 aliphatic carbocycles. The van der Waals surface area contributed by atoms with Crippen LogP contribution in [0.4, 0.5) is 0 Å². The van der Waals surface area contributed by atoms with Crippen LogP contribution in [-0.4, -0.2) is 27.3 Å². The molecule has 2 heterocycles. The molecule has 0 amide bonds. The van der Waals surface area contributed by atoms with Crippen molar-refractivity contribution in [3.8, 4) is 17.4 Å². The van der Waals surface area contributed by atoms with Crippen LogP contribution in [0.2, 0.25) is 0 Å². The van der Waals surface area contributed by atoms with Crippen molar-refractivity contribution in [3.63, 3.8) is 0 Å². The van der Waals surface area contributed by atoms with Crippen molar-refractivity contribution < 1.29 is 9.53 Å². The Labute approximate surface area is 144 Å². The average molecular weight is 341 g/mol. The number of rotatable bonds is 6. The number of carbonyl (C=O) groups is 1. The van der Waals surface area contributed by atoms with E-state index in [1.807, 2.05) is 42.6 Å². The molecule has 6 heteroatoms. The number of hydrogen-bond donors (Lipinski definition) is 0. The number of benzene rings is 1. The summed E-state index contributed by atoms with van der Waals surface area (Å²) in [7, 11) is 0. The lowest BCUT2D eigenvalue weighted by Crippen LogP contribution is -2.14. The topological polar surface area (TPSA) is 57.0 Å². The van der Waals surface area contributed by atoms with Crippen molar-refractivity contribution in [1.29, 1.82) is 0 Å². The second-order valence-electron chi connectivity index (χ2n) is 5.48. The molecule has 0 spiro atoms. The Bertz CT molecular complexity index is 807. The third-order valence-electron chi connectivity index (χ3n) is 3.55. The first-order chi connectivity index (χ1) is 11.7. The molecule has 3 rings (SSSR count). The minimum atomic E-state index is -0.196. The second kappa shape index (κ2) is 7.40. The maximum Gasteiger partial charge on any atom is 0.336 e. The third kappa shape index (κ3) is 3.54. The van der Waals surface area contributed by atoms with Gasteiger partial charge >= 0.3 is 6.01 Å². The Kier molecular flexibility index (Phi) is 5.05. The number of aromatic nitrogens is 3. The summed E-state index contributed by atoms with van der Waals surface area (Å²) >= 11 is 1.38. The number of hydrogen-bond acceptors (Lipinski definition) is 5. The van der Waals surface area contributed by atoms with Gasteiger partial charge in [0.2, 0.25) is 0 Å². The van der Waals surface area contributed by atoms with Gasteiger partial charge in [0.1, 0.15) is 0 Å². The van der Waals surface area contributed by atoms with Gasteiger partial charge in [-0.15, -0.1) is 16.4 Å². The lowest BCUT2D eigenvalue weighted by Gasteiger charge is -2.03. The van der Waals surface area contributed by atoms with Gasteiger partial charge in [0.15, 0.2) is 5.82 Å². The van der Waals surface area contributed by atoms with Crippen LogP contribution in [0, 0.1) is 6.92 Å². The Hall–Kier alpha value is -2.47. The molecule has 124 valence electrons. The van der Waals surface area contributed by atoms with Crippen LogP contribution in [0.5, 0.6) is 6.01 Å². The molecule has 0 bridgehead atoms. The van der Waals surface area contributed by atoms with Crippen LogP contribution in [0.15, 0.2) is 41.8 Å². The lowest BCUT2D eigenvalue weighted by atomic mass is 10.1. The van der Waals surface area contributed by atoms with E-state index < -0.39 is 0 Å². The van der Waals surface area contributed by atoms with Gasteiger partial charge in [0.05, 0.1) is 11.5 Å². The van der Waals surface area contributed by atoms with Crippen molar-refractivity contribution in [3.05, 3.63) is 52.2 Å². The van der Waals surface area contributed by atoms with Crippen LogP contribution < -0.4 is 4.74 Å². The Morgan fingerprint density at radius 1 is 1.25 bits per heavy atom. The van der Waals surface area contributed by atoms with E-state index in [1.54, 1.807) is 6.07 Å². The molecular weight excluding hydrogens is 322 g/mol. The molecule has 1 aromatic carbocycles. The molecule has 0 unspecified atom stereocenters. The number of carbonyl (C=O) groups excluding carboxylic acids is 1. The maximum absolute atomic E-state index is 12.7. The van der Waals surface area contributed by atoms with Gasteiger partial charge in [0, 0.05) is 5.56 Å². The van der Waals surface area contributed by atoms with Gasteiger partial charge in [-0.3, -0.25) is 4.79 Å². The summed E-state index contributed by atoms with van der Waals surface area (Å²) in [5, 5.41) is 6.15. The van der Waals surface area contributed by atoms with Crippen molar-refractivity contribution >= 4 is 17.2 Å². The quantitative estimate of drug-likeness (QED) is 0.631. The molecule has 0 aliphatic rings. The summed E-state index contributed by atoms with van der Waals surface area (Å²) in [4.78, 5) is 17.8. The fourth-order valence-electron chi connectivity index (χ4n) is 2.20. The van der Waals surface area contributed by atoms with Crippen LogP contribution in [-0.2, 0) is 0 Å². The Morgan fingerprint density at radius 2 is 2.04 bits per heavy atom. The van der Waals surface area contributed by atoms with Crippen LogP contribution in [0.1, 0.15) is 35.0 Å². The van der Waals surface area contributed by atoms with Gasteiger partial charge in [-0.05, 0) is 24.8 Å². The summed E-state index contributed by atoms with van der Waals surface area (Å²) in [5.74, 6) is 0.304. The maximum atomic E-state index is 12.7. The molecule has 24 heavy (non-hydrogen) atoms. The zero-order chi connectivity index (χ0) is 16.9. The van der Waals surface area contributed by atoms with Gasteiger partial charge < -0.3 is 4.74 Å². The summed E-state index contributed by atoms with van der Waals surface area (Å²) in [6.07, 6.45) is 1.95. The van der Waals surface area contributed by atoms with Gasteiger partial charge in [0.25, 0.3) is 5.91 Å². The highest BCUT2D eigenvalue weighted by Crippen LogP contribution is 2.23. The highest BCUT2D eigenvalue weighted by Gasteiger charge is 2.20. The minimum Gasteiger partial charge on any atom is -0.462 e. The zero-order valence-electron chi connectivity index (χ0n) is 13.7. The number of ether oxygens (including phenoxy) is 1. The first kappa shape index (κ1) is 16.4. The monoisotopic (exact) mass is 341 g/mol.